The van der Waals surface area contributed by atoms with Crippen LogP contribution in [-0.4, -0.2) is 60.3 Å². The first kappa shape index (κ1) is 19.9. The van der Waals surface area contributed by atoms with Crippen LogP contribution in [0.1, 0.15) is 24.0 Å². The highest BCUT2D eigenvalue weighted by molar-refractivity contribution is 5.78. The van der Waals surface area contributed by atoms with Crippen molar-refractivity contribution in [2.75, 3.05) is 40.3 Å². The number of nitrogens with zero attached hydrogens (tertiary/aromatic N) is 3. The normalized spacial score (nSPS) is 17.4. The van der Waals surface area contributed by atoms with Crippen LogP contribution in [0.15, 0.2) is 48.7 Å². The summed E-state index contributed by atoms with van der Waals surface area (Å²) in [6, 6.07) is 15.3. The second kappa shape index (κ2) is 9.42. The molecule has 0 spiro atoms. The predicted molar refractivity (Wildman–Crippen MR) is 118 cm³/mol. The minimum Gasteiger partial charge on any atom is -0.494 e. The van der Waals surface area contributed by atoms with E-state index in [1.165, 1.54) is 36.0 Å². The molecule has 154 valence electrons. The third-order valence-electron chi connectivity index (χ3n) is 5.75. The minimum atomic E-state index is 0.735. The number of ether oxygens (including phenoxy) is 1. The number of hydrogen-bond donors (Lipinski definition) is 1. The van der Waals surface area contributed by atoms with Gasteiger partial charge in [-0.05, 0) is 81.2 Å². The van der Waals surface area contributed by atoms with Gasteiger partial charge in [0.1, 0.15) is 5.75 Å². The summed E-state index contributed by atoms with van der Waals surface area (Å²) in [5.74, 6) is 1.71. The molecule has 0 aliphatic carbocycles. The summed E-state index contributed by atoms with van der Waals surface area (Å²) in [5.41, 5.74) is 3.90. The summed E-state index contributed by atoms with van der Waals surface area (Å²) in [6.07, 6.45) is 5.39. The average Bonchev–Trinajstić information content (AvgIpc) is 3.35. The fourth-order valence-electron chi connectivity index (χ4n) is 4.20. The van der Waals surface area contributed by atoms with Crippen LogP contribution in [0.3, 0.4) is 0 Å². The van der Waals surface area contributed by atoms with Crippen LogP contribution in [0, 0.1) is 5.92 Å². The second-order valence-corrected chi connectivity index (χ2v) is 8.53. The van der Waals surface area contributed by atoms with Crippen molar-refractivity contribution in [3.05, 3.63) is 59.8 Å². The summed E-state index contributed by atoms with van der Waals surface area (Å²) in [4.78, 5) is 4.76. The summed E-state index contributed by atoms with van der Waals surface area (Å²) in [5, 5.41) is 8.36. The molecule has 1 aliphatic rings. The van der Waals surface area contributed by atoms with Crippen LogP contribution < -0.4 is 4.74 Å². The smallest absolute Gasteiger partial charge is 0.119 e. The van der Waals surface area contributed by atoms with E-state index in [4.69, 9.17) is 4.74 Å². The number of hydrogen-bond acceptors (Lipinski definition) is 4. The van der Waals surface area contributed by atoms with Crippen molar-refractivity contribution in [3.8, 4) is 5.75 Å². The van der Waals surface area contributed by atoms with Crippen molar-refractivity contribution in [1.82, 2.24) is 20.0 Å². The summed E-state index contributed by atoms with van der Waals surface area (Å²) in [7, 11) is 4.19. The third kappa shape index (κ3) is 5.58. The Bertz CT molecular complexity index is 903. The van der Waals surface area contributed by atoms with Gasteiger partial charge in [0, 0.05) is 25.0 Å². The van der Waals surface area contributed by atoms with Crippen LogP contribution >= 0.6 is 0 Å². The molecule has 2 heterocycles. The molecule has 1 unspecified atom stereocenters. The molecular formula is C24H32N4O. The van der Waals surface area contributed by atoms with Crippen molar-refractivity contribution in [3.63, 3.8) is 0 Å². The van der Waals surface area contributed by atoms with Gasteiger partial charge < -0.3 is 9.64 Å². The zero-order valence-electron chi connectivity index (χ0n) is 17.6. The fraction of sp³-hybridized carbons (Fsp3) is 0.458. The Morgan fingerprint density at radius 3 is 2.79 bits per heavy atom. The highest BCUT2D eigenvalue weighted by Gasteiger charge is 2.22. The summed E-state index contributed by atoms with van der Waals surface area (Å²) >= 11 is 0. The van der Waals surface area contributed by atoms with Gasteiger partial charge in [-0.3, -0.25) is 10.00 Å². The van der Waals surface area contributed by atoms with Gasteiger partial charge in [-0.15, -0.1) is 0 Å². The van der Waals surface area contributed by atoms with Gasteiger partial charge in [0.25, 0.3) is 0 Å². The van der Waals surface area contributed by atoms with E-state index in [1.807, 2.05) is 6.20 Å². The highest BCUT2D eigenvalue weighted by atomic mass is 16.5. The highest BCUT2D eigenvalue weighted by Crippen LogP contribution is 2.24. The second-order valence-electron chi connectivity index (χ2n) is 8.53. The number of aromatic nitrogens is 2. The lowest BCUT2D eigenvalue weighted by molar-refractivity contribution is 0.281. The molecule has 1 aliphatic heterocycles. The number of benzene rings is 2. The third-order valence-corrected chi connectivity index (χ3v) is 5.75. The number of nitrogens with one attached hydrogen (secondary N) is 1. The van der Waals surface area contributed by atoms with E-state index >= 15 is 0 Å². The standard InChI is InChI=1S/C24H32N4O/c1-27(2)11-3-13-29-23-7-4-19(5-8-23)17-28-12-10-21(18-28)14-20-6-9-24-22(15-20)16-25-26-24/h4-9,15-16,21H,3,10-14,17-18H2,1-2H3,(H,25,26). The summed E-state index contributed by atoms with van der Waals surface area (Å²) in [6.45, 7) is 5.21. The molecule has 2 aromatic carbocycles. The van der Waals surface area contributed by atoms with Crippen molar-refractivity contribution >= 4 is 10.9 Å². The van der Waals surface area contributed by atoms with E-state index in [-0.39, 0.29) is 0 Å². The molecule has 5 nitrogen and oxygen atoms in total. The quantitative estimate of drug-likeness (QED) is 0.560. The first-order valence-corrected chi connectivity index (χ1v) is 10.7. The van der Waals surface area contributed by atoms with Crippen LogP contribution in [0.2, 0.25) is 0 Å². The Balaban J connectivity index is 1.23. The van der Waals surface area contributed by atoms with Crippen molar-refractivity contribution in [1.29, 1.82) is 0 Å². The number of H-pyrrole nitrogens is 1. The van der Waals surface area contributed by atoms with Crippen LogP contribution in [-0.2, 0) is 13.0 Å². The molecule has 1 saturated heterocycles. The Labute approximate surface area is 173 Å². The maximum atomic E-state index is 5.84. The van der Waals surface area contributed by atoms with E-state index in [0.717, 1.165) is 49.7 Å². The van der Waals surface area contributed by atoms with Gasteiger partial charge in [0.2, 0.25) is 0 Å². The van der Waals surface area contributed by atoms with Crippen molar-refractivity contribution in [2.24, 2.45) is 5.92 Å². The molecule has 0 bridgehead atoms. The molecule has 1 atom stereocenters. The molecule has 1 fully saturated rings. The van der Waals surface area contributed by atoms with E-state index in [0.29, 0.717) is 0 Å². The zero-order valence-corrected chi connectivity index (χ0v) is 17.6. The van der Waals surface area contributed by atoms with E-state index in [1.54, 1.807) is 0 Å². The van der Waals surface area contributed by atoms with Gasteiger partial charge in [-0.1, -0.05) is 18.2 Å². The molecule has 0 amide bonds. The number of likely N-dealkylation sites (tertiary alicyclic amines) is 1. The molecule has 29 heavy (non-hydrogen) atoms. The van der Waals surface area contributed by atoms with Gasteiger partial charge in [0.15, 0.2) is 0 Å². The molecule has 1 aromatic heterocycles. The zero-order chi connectivity index (χ0) is 20.1. The topological polar surface area (TPSA) is 44.4 Å². The van der Waals surface area contributed by atoms with E-state index in [9.17, 15) is 0 Å². The molecular weight excluding hydrogens is 360 g/mol. The SMILES string of the molecule is CN(C)CCCOc1ccc(CN2CCC(Cc3ccc4[nH]ncc4c3)C2)cc1. The van der Waals surface area contributed by atoms with Crippen LogP contribution in [0.25, 0.3) is 10.9 Å². The first-order valence-electron chi connectivity index (χ1n) is 10.7. The maximum absolute atomic E-state index is 5.84. The lowest BCUT2D eigenvalue weighted by Gasteiger charge is -2.17. The molecule has 5 heteroatoms. The van der Waals surface area contributed by atoms with Crippen LogP contribution in [0.4, 0.5) is 0 Å². The Kier molecular flexibility index (Phi) is 6.47. The average molecular weight is 393 g/mol. The monoisotopic (exact) mass is 392 g/mol. The Morgan fingerprint density at radius 2 is 1.97 bits per heavy atom. The van der Waals surface area contributed by atoms with E-state index in [2.05, 4.69) is 76.6 Å². The number of fused-ring (bicyclic) bond motifs is 1. The lowest BCUT2D eigenvalue weighted by atomic mass is 9.98. The van der Waals surface area contributed by atoms with Crippen molar-refractivity contribution < 1.29 is 4.74 Å². The van der Waals surface area contributed by atoms with E-state index < -0.39 is 0 Å². The molecule has 0 radical (unpaired) electrons. The Hall–Kier alpha value is -2.37. The molecule has 3 aromatic rings. The predicted octanol–water partition coefficient (Wildman–Crippen LogP) is 3.96. The number of rotatable bonds is 9. The maximum Gasteiger partial charge on any atom is 0.119 e. The Morgan fingerprint density at radius 1 is 1.14 bits per heavy atom. The van der Waals surface area contributed by atoms with Crippen molar-refractivity contribution in [2.45, 2.75) is 25.8 Å². The molecule has 1 N–H and O–H groups in total. The van der Waals surface area contributed by atoms with Gasteiger partial charge >= 0.3 is 0 Å². The lowest BCUT2D eigenvalue weighted by Crippen LogP contribution is -2.20. The first-order chi connectivity index (χ1) is 14.2. The summed E-state index contributed by atoms with van der Waals surface area (Å²) < 4.78 is 5.84. The van der Waals surface area contributed by atoms with Crippen LogP contribution in [0.5, 0.6) is 5.75 Å². The molecule has 4 rings (SSSR count). The number of aromatic amines is 1. The largest absolute Gasteiger partial charge is 0.494 e. The van der Waals surface area contributed by atoms with Gasteiger partial charge in [0.05, 0.1) is 18.3 Å². The fourth-order valence-corrected chi connectivity index (χ4v) is 4.20. The van der Waals surface area contributed by atoms with Gasteiger partial charge in [-0.2, -0.15) is 5.10 Å². The minimum absolute atomic E-state index is 0.735. The van der Waals surface area contributed by atoms with Gasteiger partial charge in [-0.25, -0.2) is 0 Å². The molecule has 0 saturated carbocycles.